The highest BCUT2D eigenvalue weighted by atomic mass is 32.2. The summed E-state index contributed by atoms with van der Waals surface area (Å²) in [7, 11) is 0. The standard InChI is InChI=1S/C23H18F2N4O3S/c1-12-13(2)28-20-17(10-16(25)11-18(20)27-12)21(30)26-7-8-29-22(31)19(33-23(29)32)9-14-3-5-15(24)6-4-14/h3-6,9-11H,7-8H2,1-2H3,(H,26,30)/b19-9+. The highest BCUT2D eigenvalue weighted by Crippen LogP contribution is 2.32. The van der Waals surface area contributed by atoms with Gasteiger partial charge in [-0.15, -0.1) is 0 Å². The van der Waals surface area contributed by atoms with E-state index in [0.29, 0.717) is 17.0 Å². The van der Waals surface area contributed by atoms with E-state index in [1.54, 1.807) is 13.8 Å². The molecule has 10 heteroatoms. The van der Waals surface area contributed by atoms with Gasteiger partial charge in [-0.1, -0.05) is 12.1 Å². The van der Waals surface area contributed by atoms with Crippen molar-refractivity contribution < 1.29 is 23.2 Å². The van der Waals surface area contributed by atoms with Crippen LogP contribution in [-0.4, -0.2) is 45.0 Å². The molecule has 3 aromatic rings. The van der Waals surface area contributed by atoms with Crippen molar-refractivity contribution in [1.82, 2.24) is 20.2 Å². The van der Waals surface area contributed by atoms with Crippen LogP contribution in [0.4, 0.5) is 13.6 Å². The number of halogens is 2. The number of hydrogen-bond donors (Lipinski definition) is 1. The lowest BCUT2D eigenvalue weighted by atomic mass is 10.1. The lowest BCUT2D eigenvalue weighted by Crippen LogP contribution is -2.37. The number of imide groups is 1. The summed E-state index contributed by atoms with van der Waals surface area (Å²) in [5, 5.41) is 2.13. The number of thioether (sulfide) groups is 1. The Morgan fingerprint density at radius 1 is 1.06 bits per heavy atom. The Kier molecular flexibility index (Phi) is 6.19. The fourth-order valence-corrected chi connectivity index (χ4v) is 4.12. The van der Waals surface area contributed by atoms with Crippen LogP contribution in [0.5, 0.6) is 0 Å². The van der Waals surface area contributed by atoms with Gasteiger partial charge in [-0.05, 0) is 55.4 Å². The summed E-state index contributed by atoms with van der Waals surface area (Å²) in [4.78, 5) is 47.4. The van der Waals surface area contributed by atoms with Crippen molar-refractivity contribution in [3.8, 4) is 0 Å². The summed E-state index contributed by atoms with van der Waals surface area (Å²) in [5.41, 5.74) is 2.39. The van der Waals surface area contributed by atoms with Crippen LogP contribution in [0.1, 0.15) is 27.3 Å². The smallest absolute Gasteiger partial charge is 0.293 e. The molecule has 7 nitrogen and oxygen atoms in total. The van der Waals surface area contributed by atoms with Crippen LogP contribution >= 0.6 is 11.8 Å². The maximum Gasteiger partial charge on any atom is 0.293 e. The van der Waals surface area contributed by atoms with E-state index in [-0.39, 0.29) is 34.6 Å². The SMILES string of the molecule is Cc1nc2cc(F)cc(C(=O)NCCN3C(=O)S/C(=C/c4ccc(F)cc4)C3=O)c2nc1C. The Hall–Kier alpha value is -3.66. The topological polar surface area (TPSA) is 92.3 Å². The van der Waals surface area contributed by atoms with Crippen LogP contribution in [0.2, 0.25) is 0 Å². The van der Waals surface area contributed by atoms with Crippen molar-refractivity contribution in [2.24, 2.45) is 0 Å². The number of aryl methyl sites for hydroxylation is 2. The monoisotopic (exact) mass is 468 g/mol. The van der Waals surface area contributed by atoms with Gasteiger partial charge in [0.15, 0.2) is 0 Å². The number of carbonyl (C=O) groups is 3. The summed E-state index contributed by atoms with van der Waals surface area (Å²) < 4.78 is 27.1. The summed E-state index contributed by atoms with van der Waals surface area (Å²) in [5.74, 6) is -2.12. The number of amides is 3. The molecule has 168 valence electrons. The van der Waals surface area contributed by atoms with Crippen LogP contribution < -0.4 is 5.32 Å². The van der Waals surface area contributed by atoms with E-state index in [1.807, 2.05) is 0 Å². The molecular weight excluding hydrogens is 450 g/mol. The van der Waals surface area contributed by atoms with E-state index in [4.69, 9.17) is 0 Å². The molecule has 3 amide bonds. The predicted octanol–water partition coefficient (Wildman–Crippen LogP) is 3.99. The van der Waals surface area contributed by atoms with E-state index in [0.717, 1.165) is 22.7 Å². The molecule has 2 heterocycles. The minimum absolute atomic E-state index is 0.0194. The van der Waals surface area contributed by atoms with Gasteiger partial charge < -0.3 is 5.32 Å². The fourth-order valence-electron chi connectivity index (χ4n) is 3.25. The molecule has 1 N–H and O–H groups in total. The van der Waals surface area contributed by atoms with Gasteiger partial charge in [0.2, 0.25) is 0 Å². The quantitative estimate of drug-likeness (QED) is 0.570. The van der Waals surface area contributed by atoms with Crippen molar-refractivity contribution in [2.45, 2.75) is 13.8 Å². The van der Waals surface area contributed by atoms with Gasteiger partial charge in [-0.25, -0.2) is 18.7 Å². The molecular formula is C23H18F2N4O3S. The second-order valence-corrected chi connectivity index (χ2v) is 8.35. The summed E-state index contributed by atoms with van der Waals surface area (Å²) >= 11 is 0.767. The minimum atomic E-state index is -0.623. The number of nitrogens with zero attached hydrogens (tertiary/aromatic N) is 3. The van der Waals surface area contributed by atoms with Crippen molar-refractivity contribution in [2.75, 3.05) is 13.1 Å². The van der Waals surface area contributed by atoms with Gasteiger partial charge in [-0.2, -0.15) is 0 Å². The number of carbonyl (C=O) groups excluding carboxylic acids is 3. The van der Waals surface area contributed by atoms with Gasteiger partial charge in [0.1, 0.15) is 17.2 Å². The van der Waals surface area contributed by atoms with Crippen LogP contribution in [0.3, 0.4) is 0 Å². The Balaban J connectivity index is 1.45. The van der Waals surface area contributed by atoms with Crippen LogP contribution in [0, 0.1) is 25.5 Å². The Bertz CT molecular complexity index is 1330. The molecule has 0 aliphatic carbocycles. The highest BCUT2D eigenvalue weighted by molar-refractivity contribution is 8.18. The van der Waals surface area contributed by atoms with Crippen molar-refractivity contribution >= 4 is 45.9 Å². The third-order valence-electron chi connectivity index (χ3n) is 5.05. The Labute approximate surface area is 191 Å². The second-order valence-electron chi connectivity index (χ2n) is 7.36. The van der Waals surface area contributed by atoms with Crippen LogP contribution in [0.25, 0.3) is 17.1 Å². The fraction of sp³-hybridized carbons (Fsp3) is 0.174. The van der Waals surface area contributed by atoms with Crippen molar-refractivity contribution in [3.63, 3.8) is 0 Å². The van der Waals surface area contributed by atoms with Gasteiger partial charge in [0, 0.05) is 19.2 Å². The molecule has 1 aliphatic rings. The molecule has 0 bridgehead atoms. The van der Waals surface area contributed by atoms with Crippen LogP contribution in [-0.2, 0) is 4.79 Å². The maximum atomic E-state index is 14.0. The zero-order valence-electron chi connectivity index (χ0n) is 17.7. The van der Waals surface area contributed by atoms with E-state index < -0.39 is 28.7 Å². The molecule has 1 fully saturated rings. The first-order valence-electron chi connectivity index (χ1n) is 9.96. The number of fused-ring (bicyclic) bond motifs is 1. The van der Waals surface area contributed by atoms with E-state index in [2.05, 4.69) is 15.3 Å². The van der Waals surface area contributed by atoms with Crippen molar-refractivity contribution in [3.05, 3.63) is 75.5 Å². The van der Waals surface area contributed by atoms with Gasteiger partial charge >= 0.3 is 0 Å². The summed E-state index contributed by atoms with van der Waals surface area (Å²) in [6.45, 7) is 3.39. The lowest BCUT2D eigenvalue weighted by Gasteiger charge is -2.13. The zero-order chi connectivity index (χ0) is 23.7. The molecule has 0 saturated carbocycles. The minimum Gasteiger partial charge on any atom is -0.350 e. The largest absolute Gasteiger partial charge is 0.350 e. The average molecular weight is 468 g/mol. The third kappa shape index (κ3) is 4.75. The van der Waals surface area contributed by atoms with E-state index in [9.17, 15) is 23.2 Å². The van der Waals surface area contributed by atoms with Crippen molar-refractivity contribution in [1.29, 1.82) is 0 Å². The first-order valence-corrected chi connectivity index (χ1v) is 10.8. The summed E-state index contributed by atoms with van der Waals surface area (Å²) in [6, 6.07) is 7.80. The first-order chi connectivity index (χ1) is 15.7. The summed E-state index contributed by atoms with van der Waals surface area (Å²) in [6.07, 6.45) is 1.50. The Morgan fingerprint density at radius 2 is 1.76 bits per heavy atom. The van der Waals surface area contributed by atoms with Gasteiger partial charge in [-0.3, -0.25) is 19.3 Å². The van der Waals surface area contributed by atoms with Gasteiger partial charge in [0.25, 0.3) is 17.1 Å². The number of hydrogen-bond acceptors (Lipinski definition) is 6. The van der Waals surface area contributed by atoms with E-state index in [1.165, 1.54) is 36.4 Å². The molecule has 0 radical (unpaired) electrons. The molecule has 33 heavy (non-hydrogen) atoms. The van der Waals surface area contributed by atoms with Crippen LogP contribution in [0.15, 0.2) is 41.3 Å². The molecule has 0 atom stereocenters. The highest BCUT2D eigenvalue weighted by Gasteiger charge is 2.34. The molecule has 0 unspecified atom stereocenters. The second kappa shape index (κ2) is 9.07. The number of aromatic nitrogens is 2. The van der Waals surface area contributed by atoms with E-state index >= 15 is 0 Å². The molecule has 1 aliphatic heterocycles. The lowest BCUT2D eigenvalue weighted by molar-refractivity contribution is -0.122. The average Bonchev–Trinajstić information content (AvgIpc) is 3.03. The number of benzene rings is 2. The normalized spacial score (nSPS) is 15.0. The molecule has 1 saturated heterocycles. The maximum absolute atomic E-state index is 14.0. The predicted molar refractivity (Wildman–Crippen MR) is 120 cm³/mol. The molecule has 0 spiro atoms. The zero-order valence-corrected chi connectivity index (χ0v) is 18.5. The van der Waals surface area contributed by atoms with Gasteiger partial charge in [0.05, 0.1) is 27.4 Å². The third-order valence-corrected chi connectivity index (χ3v) is 5.96. The first kappa shape index (κ1) is 22.5. The Morgan fingerprint density at radius 3 is 2.48 bits per heavy atom. The number of rotatable bonds is 5. The number of nitrogens with one attached hydrogen (secondary N) is 1. The molecule has 4 rings (SSSR count). The molecule has 2 aromatic carbocycles. The molecule has 1 aromatic heterocycles.